The second-order valence-electron chi connectivity index (χ2n) is 6.49. The summed E-state index contributed by atoms with van der Waals surface area (Å²) in [5.74, 6) is 1.66. The average molecular weight is 268 g/mol. The van der Waals surface area contributed by atoms with E-state index in [4.69, 9.17) is 9.47 Å². The van der Waals surface area contributed by atoms with Crippen LogP contribution in [0.3, 0.4) is 0 Å². The first-order valence-electron chi connectivity index (χ1n) is 7.88. The molecule has 0 unspecified atom stereocenters. The van der Waals surface area contributed by atoms with Crippen molar-refractivity contribution in [2.75, 3.05) is 13.7 Å². The number of rotatable bonds is 4. The molecule has 0 amide bonds. The summed E-state index contributed by atoms with van der Waals surface area (Å²) in [5.41, 5.74) is 0. The summed E-state index contributed by atoms with van der Waals surface area (Å²) in [6.45, 7) is 3.12. The molecule has 0 aromatic carbocycles. The van der Waals surface area contributed by atoms with E-state index < -0.39 is 0 Å². The molecule has 3 heteroatoms. The molecule has 110 valence electrons. The minimum atomic E-state index is 0.0652. The predicted molar refractivity (Wildman–Crippen MR) is 74.8 cm³/mol. The average Bonchev–Trinajstić information content (AvgIpc) is 2.42. The van der Waals surface area contributed by atoms with Crippen molar-refractivity contribution < 1.29 is 14.3 Å². The SMILES string of the molecule is COCC1CCC(C(=O)OC2CCC(C)CC2)CC1. The van der Waals surface area contributed by atoms with Crippen LogP contribution < -0.4 is 0 Å². The van der Waals surface area contributed by atoms with Gasteiger partial charge in [0, 0.05) is 13.7 Å². The fraction of sp³-hybridized carbons (Fsp3) is 0.938. The molecule has 2 aliphatic rings. The minimum Gasteiger partial charge on any atom is -0.462 e. The van der Waals surface area contributed by atoms with Gasteiger partial charge in [0.05, 0.1) is 5.92 Å². The topological polar surface area (TPSA) is 35.5 Å². The van der Waals surface area contributed by atoms with E-state index >= 15 is 0 Å². The van der Waals surface area contributed by atoms with Gasteiger partial charge in [-0.15, -0.1) is 0 Å². The molecule has 0 radical (unpaired) electrons. The summed E-state index contributed by atoms with van der Waals surface area (Å²) in [6.07, 6.45) is 8.91. The van der Waals surface area contributed by atoms with E-state index in [1.165, 1.54) is 12.8 Å². The van der Waals surface area contributed by atoms with Crippen LogP contribution in [0.1, 0.15) is 58.3 Å². The quantitative estimate of drug-likeness (QED) is 0.731. The highest BCUT2D eigenvalue weighted by Crippen LogP contribution is 2.31. The maximum absolute atomic E-state index is 12.2. The van der Waals surface area contributed by atoms with Crippen LogP contribution >= 0.6 is 0 Å². The fourth-order valence-corrected chi connectivity index (χ4v) is 3.41. The van der Waals surface area contributed by atoms with Gasteiger partial charge in [-0.1, -0.05) is 6.92 Å². The van der Waals surface area contributed by atoms with Crippen molar-refractivity contribution in [2.24, 2.45) is 17.8 Å². The molecule has 0 aromatic rings. The van der Waals surface area contributed by atoms with Gasteiger partial charge in [0.15, 0.2) is 0 Å². The van der Waals surface area contributed by atoms with Gasteiger partial charge in [-0.05, 0) is 63.2 Å². The first kappa shape index (κ1) is 14.8. The molecule has 2 fully saturated rings. The van der Waals surface area contributed by atoms with Crippen molar-refractivity contribution in [1.29, 1.82) is 0 Å². The smallest absolute Gasteiger partial charge is 0.309 e. The van der Waals surface area contributed by atoms with Gasteiger partial charge in [-0.3, -0.25) is 4.79 Å². The molecule has 0 saturated heterocycles. The standard InChI is InChI=1S/C16H28O3/c1-12-3-9-15(10-4-12)19-16(17)14-7-5-13(6-8-14)11-18-2/h12-15H,3-11H2,1-2H3. The zero-order valence-corrected chi connectivity index (χ0v) is 12.4. The Bertz CT molecular complexity index is 274. The van der Waals surface area contributed by atoms with Crippen molar-refractivity contribution in [3.05, 3.63) is 0 Å². The summed E-state index contributed by atoms with van der Waals surface area (Å²) >= 11 is 0. The summed E-state index contributed by atoms with van der Waals surface area (Å²) in [7, 11) is 1.75. The number of esters is 1. The van der Waals surface area contributed by atoms with Gasteiger partial charge in [-0.25, -0.2) is 0 Å². The van der Waals surface area contributed by atoms with Crippen LogP contribution in [0, 0.1) is 17.8 Å². The fourth-order valence-electron chi connectivity index (χ4n) is 3.41. The lowest BCUT2D eigenvalue weighted by Gasteiger charge is -2.30. The van der Waals surface area contributed by atoms with Crippen LogP contribution in [-0.2, 0) is 14.3 Å². The van der Waals surface area contributed by atoms with E-state index in [1.807, 2.05) is 0 Å². The first-order valence-corrected chi connectivity index (χ1v) is 7.88. The third-order valence-electron chi connectivity index (χ3n) is 4.83. The van der Waals surface area contributed by atoms with Crippen molar-refractivity contribution in [3.8, 4) is 0 Å². The normalized spacial score (nSPS) is 35.9. The maximum Gasteiger partial charge on any atom is 0.309 e. The monoisotopic (exact) mass is 268 g/mol. The Morgan fingerprint density at radius 3 is 2.21 bits per heavy atom. The largest absolute Gasteiger partial charge is 0.462 e. The van der Waals surface area contributed by atoms with Crippen molar-refractivity contribution in [1.82, 2.24) is 0 Å². The number of ether oxygens (including phenoxy) is 2. The molecule has 0 atom stereocenters. The molecule has 0 aliphatic heterocycles. The number of methoxy groups -OCH3 is 1. The maximum atomic E-state index is 12.2. The van der Waals surface area contributed by atoms with Crippen LogP contribution in [0.5, 0.6) is 0 Å². The van der Waals surface area contributed by atoms with Crippen LogP contribution in [0.25, 0.3) is 0 Å². The van der Waals surface area contributed by atoms with Gasteiger partial charge in [-0.2, -0.15) is 0 Å². The minimum absolute atomic E-state index is 0.0652. The van der Waals surface area contributed by atoms with Crippen LogP contribution in [0.2, 0.25) is 0 Å². The number of hydrogen-bond donors (Lipinski definition) is 0. The lowest BCUT2D eigenvalue weighted by atomic mass is 9.82. The van der Waals surface area contributed by atoms with Crippen molar-refractivity contribution >= 4 is 5.97 Å². The number of carbonyl (C=O) groups is 1. The van der Waals surface area contributed by atoms with E-state index in [9.17, 15) is 4.79 Å². The highest BCUT2D eigenvalue weighted by Gasteiger charge is 2.30. The number of hydrogen-bond acceptors (Lipinski definition) is 3. The molecule has 2 saturated carbocycles. The summed E-state index contributed by atoms with van der Waals surface area (Å²) in [4.78, 5) is 12.2. The predicted octanol–water partition coefficient (Wildman–Crippen LogP) is 3.56. The van der Waals surface area contributed by atoms with Crippen LogP contribution in [0.4, 0.5) is 0 Å². The first-order chi connectivity index (χ1) is 9.19. The van der Waals surface area contributed by atoms with Gasteiger partial charge in [0.2, 0.25) is 0 Å². The Hall–Kier alpha value is -0.570. The van der Waals surface area contributed by atoms with Crippen molar-refractivity contribution in [3.63, 3.8) is 0 Å². The molecule has 0 N–H and O–H groups in total. The molecular formula is C16H28O3. The second kappa shape index (κ2) is 7.28. The zero-order chi connectivity index (χ0) is 13.7. The van der Waals surface area contributed by atoms with Crippen LogP contribution in [-0.4, -0.2) is 25.8 Å². The van der Waals surface area contributed by atoms with E-state index in [0.29, 0.717) is 5.92 Å². The van der Waals surface area contributed by atoms with Crippen molar-refractivity contribution in [2.45, 2.75) is 64.4 Å². The van der Waals surface area contributed by atoms with E-state index in [2.05, 4.69) is 6.92 Å². The Balaban J connectivity index is 1.69. The lowest BCUT2D eigenvalue weighted by molar-refractivity contribution is -0.157. The summed E-state index contributed by atoms with van der Waals surface area (Å²) in [6, 6.07) is 0. The van der Waals surface area contributed by atoms with Crippen LogP contribution in [0.15, 0.2) is 0 Å². The summed E-state index contributed by atoms with van der Waals surface area (Å²) < 4.78 is 10.9. The third kappa shape index (κ3) is 4.48. The van der Waals surface area contributed by atoms with Gasteiger partial charge < -0.3 is 9.47 Å². The van der Waals surface area contributed by atoms with Gasteiger partial charge in [0.1, 0.15) is 6.10 Å². The number of carbonyl (C=O) groups excluding carboxylic acids is 1. The molecule has 19 heavy (non-hydrogen) atoms. The van der Waals surface area contributed by atoms with E-state index in [0.717, 1.165) is 51.0 Å². The Kier molecular flexibility index (Phi) is 5.68. The molecule has 3 nitrogen and oxygen atoms in total. The highest BCUT2D eigenvalue weighted by atomic mass is 16.5. The highest BCUT2D eigenvalue weighted by molar-refractivity contribution is 5.72. The molecule has 2 aliphatic carbocycles. The van der Waals surface area contributed by atoms with E-state index in [-0.39, 0.29) is 18.0 Å². The lowest BCUT2D eigenvalue weighted by Crippen LogP contribution is -2.30. The second-order valence-corrected chi connectivity index (χ2v) is 6.49. The van der Waals surface area contributed by atoms with Gasteiger partial charge in [0.25, 0.3) is 0 Å². The Morgan fingerprint density at radius 2 is 1.63 bits per heavy atom. The molecule has 0 bridgehead atoms. The Morgan fingerprint density at radius 1 is 1.00 bits per heavy atom. The van der Waals surface area contributed by atoms with E-state index in [1.54, 1.807) is 7.11 Å². The Labute approximate surface area is 117 Å². The molecule has 0 aromatic heterocycles. The third-order valence-corrected chi connectivity index (χ3v) is 4.83. The molecular weight excluding hydrogens is 240 g/mol. The zero-order valence-electron chi connectivity index (χ0n) is 12.4. The molecule has 0 heterocycles. The van der Waals surface area contributed by atoms with Gasteiger partial charge >= 0.3 is 5.97 Å². The molecule has 2 rings (SSSR count). The summed E-state index contributed by atoms with van der Waals surface area (Å²) in [5, 5.41) is 0. The molecule has 0 spiro atoms.